The average Bonchev–Trinajstić information content (AvgIpc) is 2.19. The molecule has 4 nitrogen and oxygen atoms in total. The van der Waals surface area contributed by atoms with Crippen LogP contribution in [0.1, 0.15) is 25.7 Å². The first-order chi connectivity index (χ1) is 8.90. The fourth-order valence-corrected chi connectivity index (χ4v) is 5.23. The third-order valence-corrected chi connectivity index (χ3v) is 6.30. The van der Waals surface area contributed by atoms with E-state index in [1.54, 1.807) is 12.1 Å². The molecule has 2 rings (SSSR count). The lowest BCUT2D eigenvalue weighted by molar-refractivity contribution is 0.297. The van der Waals surface area contributed by atoms with Crippen molar-refractivity contribution in [1.29, 1.82) is 0 Å². The molecular formula is C12H16Br2N2O2S. The van der Waals surface area contributed by atoms with Gasteiger partial charge in [-0.25, -0.2) is 13.1 Å². The molecule has 0 unspecified atom stereocenters. The summed E-state index contributed by atoms with van der Waals surface area (Å²) in [6.07, 6.45) is 4.59. The van der Waals surface area contributed by atoms with Crippen LogP contribution in [0.3, 0.4) is 0 Å². The number of nitrogens with one attached hydrogen (secondary N) is 1. The van der Waals surface area contributed by atoms with Crippen molar-refractivity contribution < 1.29 is 8.42 Å². The monoisotopic (exact) mass is 410 g/mol. The van der Waals surface area contributed by atoms with Gasteiger partial charge in [-0.2, -0.15) is 0 Å². The lowest BCUT2D eigenvalue weighted by atomic mass is 9.83. The Morgan fingerprint density at radius 3 is 2.53 bits per heavy atom. The molecule has 1 aromatic rings. The van der Waals surface area contributed by atoms with Crippen LogP contribution in [0.4, 0.5) is 5.69 Å². The number of hydrogen-bond donors (Lipinski definition) is 2. The number of anilines is 1. The molecule has 3 N–H and O–H groups in total. The second-order valence-electron chi connectivity index (χ2n) is 4.79. The van der Waals surface area contributed by atoms with Crippen molar-refractivity contribution in [3.8, 4) is 0 Å². The summed E-state index contributed by atoms with van der Waals surface area (Å²) < 4.78 is 28.3. The average molecular weight is 412 g/mol. The molecule has 0 aromatic heterocycles. The first kappa shape index (κ1) is 15.3. The molecule has 0 bridgehead atoms. The summed E-state index contributed by atoms with van der Waals surface area (Å²) in [6, 6.07) is 3.27. The summed E-state index contributed by atoms with van der Waals surface area (Å²) in [5.41, 5.74) is 6.03. The fraction of sp³-hybridized carbons (Fsp3) is 0.500. The van der Waals surface area contributed by atoms with Crippen molar-refractivity contribution in [1.82, 2.24) is 4.72 Å². The number of hydrogen-bond acceptors (Lipinski definition) is 3. The number of nitrogen functional groups attached to an aromatic ring is 1. The highest BCUT2D eigenvalue weighted by molar-refractivity contribution is 9.11. The van der Waals surface area contributed by atoms with Crippen LogP contribution in [-0.4, -0.2) is 15.0 Å². The third-order valence-electron chi connectivity index (χ3n) is 3.38. The summed E-state index contributed by atoms with van der Waals surface area (Å²) in [4.78, 5) is 0.115. The van der Waals surface area contributed by atoms with Crippen molar-refractivity contribution in [2.24, 2.45) is 5.92 Å². The second kappa shape index (κ2) is 6.11. The van der Waals surface area contributed by atoms with Gasteiger partial charge in [0, 0.05) is 15.5 Å². The van der Waals surface area contributed by atoms with Gasteiger partial charge in [0.15, 0.2) is 0 Å². The lowest BCUT2D eigenvalue weighted by Gasteiger charge is -2.25. The van der Waals surface area contributed by atoms with E-state index in [-0.39, 0.29) is 10.6 Å². The second-order valence-corrected chi connectivity index (χ2v) is 8.26. The smallest absolute Gasteiger partial charge is 0.243 e. The molecule has 106 valence electrons. The summed E-state index contributed by atoms with van der Waals surface area (Å²) >= 11 is 6.53. The van der Waals surface area contributed by atoms with E-state index >= 15 is 0 Å². The first-order valence-corrected chi connectivity index (χ1v) is 9.21. The number of halogens is 2. The van der Waals surface area contributed by atoms with Crippen LogP contribution >= 0.6 is 31.9 Å². The van der Waals surface area contributed by atoms with Gasteiger partial charge in [-0.15, -0.1) is 0 Å². The number of sulfonamides is 1. The van der Waals surface area contributed by atoms with E-state index in [9.17, 15) is 8.42 Å². The predicted molar refractivity (Wildman–Crippen MR) is 83.4 cm³/mol. The molecule has 0 aliphatic heterocycles. The van der Waals surface area contributed by atoms with Gasteiger partial charge in [-0.05, 0) is 40.4 Å². The largest absolute Gasteiger partial charge is 0.398 e. The molecule has 1 saturated carbocycles. The van der Waals surface area contributed by atoms with Crippen molar-refractivity contribution in [3.63, 3.8) is 0 Å². The molecule has 0 radical (unpaired) electrons. The van der Waals surface area contributed by atoms with Crippen LogP contribution in [-0.2, 0) is 10.0 Å². The van der Waals surface area contributed by atoms with E-state index in [1.807, 2.05) is 0 Å². The molecule has 1 aromatic carbocycles. The van der Waals surface area contributed by atoms with E-state index < -0.39 is 10.0 Å². The van der Waals surface area contributed by atoms with Crippen LogP contribution in [0.5, 0.6) is 0 Å². The molecule has 0 spiro atoms. The van der Waals surface area contributed by atoms with Crippen molar-refractivity contribution in [2.75, 3.05) is 12.3 Å². The van der Waals surface area contributed by atoms with Gasteiger partial charge in [0.05, 0.1) is 5.69 Å². The van der Waals surface area contributed by atoms with Gasteiger partial charge < -0.3 is 5.73 Å². The first-order valence-electron chi connectivity index (χ1n) is 6.14. The van der Waals surface area contributed by atoms with Crippen molar-refractivity contribution in [3.05, 3.63) is 21.1 Å². The van der Waals surface area contributed by atoms with E-state index in [0.717, 1.165) is 10.9 Å². The highest BCUT2D eigenvalue weighted by Gasteiger charge is 2.23. The zero-order chi connectivity index (χ0) is 14.0. The Labute approximate surface area is 130 Å². The highest BCUT2D eigenvalue weighted by atomic mass is 79.9. The maximum atomic E-state index is 12.2. The summed E-state index contributed by atoms with van der Waals surface area (Å²) in [7, 11) is -3.56. The molecule has 1 aliphatic carbocycles. The van der Waals surface area contributed by atoms with Gasteiger partial charge in [-0.1, -0.05) is 35.2 Å². The van der Waals surface area contributed by atoms with Gasteiger partial charge in [0.25, 0.3) is 0 Å². The standard InChI is InChI=1S/C12H16Br2N2O2S/c13-9-6-10(14)12(11(15)7-9)19(17,18)16-5-4-8-2-1-3-8/h6-8,16H,1-5,15H2. The van der Waals surface area contributed by atoms with Crippen LogP contribution in [0.2, 0.25) is 0 Å². The molecule has 0 amide bonds. The Hall–Kier alpha value is -0.110. The Balaban J connectivity index is 2.10. The van der Waals surface area contributed by atoms with Gasteiger partial charge >= 0.3 is 0 Å². The Kier molecular flexibility index (Phi) is 4.92. The van der Waals surface area contributed by atoms with Crippen molar-refractivity contribution >= 4 is 47.6 Å². The number of benzene rings is 1. The summed E-state index contributed by atoms with van der Waals surface area (Å²) in [5.74, 6) is 0.674. The topological polar surface area (TPSA) is 72.2 Å². The quantitative estimate of drug-likeness (QED) is 0.730. The highest BCUT2D eigenvalue weighted by Crippen LogP contribution is 2.32. The minimum atomic E-state index is -3.56. The maximum Gasteiger partial charge on any atom is 0.243 e. The van der Waals surface area contributed by atoms with E-state index in [1.165, 1.54) is 19.3 Å². The normalized spacial score (nSPS) is 16.3. The molecule has 0 atom stereocenters. The van der Waals surface area contributed by atoms with E-state index in [4.69, 9.17) is 5.73 Å². The third kappa shape index (κ3) is 3.71. The molecular weight excluding hydrogens is 396 g/mol. The minimum Gasteiger partial charge on any atom is -0.398 e. The molecule has 0 saturated heterocycles. The molecule has 1 aliphatic rings. The molecule has 7 heteroatoms. The van der Waals surface area contributed by atoms with Crippen LogP contribution in [0, 0.1) is 5.92 Å². The van der Waals surface area contributed by atoms with Gasteiger partial charge in [0.2, 0.25) is 10.0 Å². The number of rotatable bonds is 5. The SMILES string of the molecule is Nc1cc(Br)cc(Br)c1S(=O)(=O)NCCC1CCC1. The summed E-state index contributed by atoms with van der Waals surface area (Å²) in [5, 5.41) is 0. The van der Waals surface area contributed by atoms with Crippen LogP contribution in [0.25, 0.3) is 0 Å². The van der Waals surface area contributed by atoms with Crippen LogP contribution < -0.4 is 10.5 Å². The molecule has 1 fully saturated rings. The van der Waals surface area contributed by atoms with E-state index in [0.29, 0.717) is 16.9 Å². The Bertz CT molecular complexity index is 548. The predicted octanol–water partition coefficient (Wildman–Crippen LogP) is 3.26. The van der Waals surface area contributed by atoms with Gasteiger partial charge in [-0.3, -0.25) is 0 Å². The Morgan fingerprint density at radius 2 is 2.00 bits per heavy atom. The van der Waals surface area contributed by atoms with Gasteiger partial charge in [0.1, 0.15) is 4.90 Å². The van der Waals surface area contributed by atoms with Crippen molar-refractivity contribution in [2.45, 2.75) is 30.6 Å². The Morgan fingerprint density at radius 1 is 1.32 bits per heavy atom. The number of nitrogens with two attached hydrogens (primary N) is 1. The zero-order valence-corrected chi connectivity index (χ0v) is 14.3. The van der Waals surface area contributed by atoms with E-state index in [2.05, 4.69) is 36.6 Å². The van der Waals surface area contributed by atoms with Crippen LogP contribution in [0.15, 0.2) is 26.0 Å². The zero-order valence-electron chi connectivity index (χ0n) is 10.3. The lowest BCUT2D eigenvalue weighted by Crippen LogP contribution is -2.28. The maximum absolute atomic E-state index is 12.2. The summed E-state index contributed by atoms with van der Waals surface area (Å²) in [6.45, 7) is 0.467. The molecule has 19 heavy (non-hydrogen) atoms. The molecule has 0 heterocycles. The fourth-order valence-electron chi connectivity index (χ4n) is 2.11. The minimum absolute atomic E-state index is 0.115.